The Morgan fingerprint density at radius 3 is 3.03 bits per heavy atom. The lowest BCUT2D eigenvalue weighted by atomic mass is 9.96. The monoisotopic (exact) mass is 402 g/mol. The summed E-state index contributed by atoms with van der Waals surface area (Å²) in [5.74, 6) is 0.165. The van der Waals surface area contributed by atoms with Gasteiger partial charge in [-0.1, -0.05) is 6.92 Å². The lowest BCUT2D eigenvalue weighted by molar-refractivity contribution is -0.118. The average molecular weight is 403 g/mol. The van der Waals surface area contributed by atoms with Gasteiger partial charge in [0.1, 0.15) is 5.65 Å². The number of hydrogen-bond donors (Lipinski definition) is 1. The average Bonchev–Trinajstić information content (AvgIpc) is 3.21. The standard InChI is InChI=1S/C25H30N4O/c1-2-20-8-3-4-13-28(20)21-10-11-23-18(15-21)7-6-14-29(23)24(30)16-19-17-27-25-22(19)9-5-12-26-25/h5,9-12,15,17,20H,2-4,6-8,13-14,16H2,1H3,(H,26,27)/t20-/m0/s1. The maximum atomic E-state index is 13.2. The molecule has 2 aromatic heterocycles. The molecule has 4 heterocycles. The number of amides is 1. The van der Waals surface area contributed by atoms with Crippen molar-refractivity contribution in [3.8, 4) is 0 Å². The molecule has 1 saturated heterocycles. The summed E-state index contributed by atoms with van der Waals surface area (Å²) in [7, 11) is 0. The zero-order valence-electron chi connectivity index (χ0n) is 17.7. The van der Waals surface area contributed by atoms with Crippen LogP contribution >= 0.6 is 0 Å². The number of fused-ring (bicyclic) bond motifs is 2. The number of carbonyl (C=O) groups excluding carboxylic acids is 1. The number of piperidine rings is 1. The normalized spacial score (nSPS) is 19.2. The maximum absolute atomic E-state index is 13.2. The molecule has 1 N–H and O–H groups in total. The summed E-state index contributed by atoms with van der Waals surface area (Å²) in [5.41, 5.74) is 5.60. The molecule has 5 heteroatoms. The van der Waals surface area contributed by atoms with Crippen molar-refractivity contribution in [2.45, 2.75) is 57.9 Å². The number of anilines is 2. The van der Waals surface area contributed by atoms with Crippen LogP contribution in [0.2, 0.25) is 0 Å². The smallest absolute Gasteiger partial charge is 0.231 e. The topological polar surface area (TPSA) is 52.2 Å². The van der Waals surface area contributed by atoms with Crippen LogP contribution in [-0.4, -0.2) is 35.0 Å². The van der Waals surface area contributed by atoms with Gasteiger partial charge in [0, 0.05) is 48.3 Å². The van der Waals surface area contributed by atoms with E-state index in [0.29, 0.717) is 12.5 Å². The fourth-order valence-corrected chi connectivity index (χ4v) is 5.20. The summed E-state index contributed by atoms with van der Waals surface area (Å²) in [6.45, 7) is 4.24. The van der Waals surface area contributed by atoms with E-state index in [-0.39, 0.29) is 5.91 Å². The number of aromatic amines is 1. The van der Waals surface area contributed by atoms with Crippen LogP contribution in [0.5, 0.6) is 0 Å². The molecule has 0 spiro atoms. The van der Waals surface area contributed by atoms with E-state index >= 15 is 0 Å². The van der Waals surface area contributed by atoms with E-state index in [1.165, 1.54) is 36.9 Å². The molecule has 0 aliphatic carbocycles. The molecule has 1 aromatic carbocycles. The SMILES string of the molecule is CC[C@H]1CCCCN1c1ccc2c(c1)CCCN2C(=O)Cc1c[nH]c2ncccc12. The third kappa shape index (κ3) is 3.47. The summed E-state index contributed by atoms with van der Waals surface area (Å²) in [6.07, 6.45) is 11.3. The van der Waals surface area contributed by atoms with Crippen molar-refractivity contribution < 1.29 is 4.79 Å². The summed E-state index contributed by atoms with van der Waals surface area (Å²) in [4.78, 5) is 25.3. The van der Waals surface area contributed by atoms with Crippen LogP contribution in [0.4, 0.5) is 11.4 Å². The van der Waals surface area contributed by atoms with Crippen LogP contribution in [0.3, 0.4) is 0 Å². The molecule has 0 saturated carbocycles. The maximum Gasteiger partial charge on any atom is 0.231 e. The highest BCUT2D eigenvalue weighted by atomic mass is 16.2. The lowest BCUT2D eigenvalue weighted by Crippen LogP contribution is -2.40. The number of benzene rings is 1. The molecule has 2 aliphatic heterocycles. The Morgan fingerprint density at radius 2 is 2.13 bits per heavy atom. The third-order valence-corrected chi connectivity index (χ3v) is 6.79. The number of hydrogen-bond acceptors (Lipinski definition) is 3. The Balaban J connectivity index is 1.39. The highest BCUT2D eigenvalue weighted by Crippen LogP contribution is 2.34. The van der Waals surface area contributed by atoms with E-state index in [0.717, 1.165) is 48.2 Å². The zero-order chi connectivity index (χ0) is 20.5. The number of nitrogens with zero attached hydrogens (tertiary/aromatic N) is 3. The summed E-state index contributed by atoms with van der Waals surface area (Å²) >= 11 is 0. The number of pyridine rings is 1. The molecule has 30 heavy (non-hydrogen) atoms. The van der Waals surface area contributed by atoms with Crippen molar-refractivity contribution >= 4 is 28.3 Å². The first-order chi connectivity index (χ1) is 14.7. The first-order valence-corrected chi connectivity index (χ1v) is 11.4. The molecule has 0 radical (unpaired) electrons. The second kappa shape index (κ2) is 8.13. The van der Waals surface area contributed by atoms with E-state index in [4.69, 9.17) is 0 Å². The minimum Gasteiger partial charge on any atom is -0.369 e. The highest BCUT2D eigenvalue weighted by molar-refractivity contribution is 5.98. The second-order valence-corrected chi connectivity index (χ2v) is 8.60. The fraction of sp³-hybridized carbons (Fsp3) is 0.440. The van der Waals surface area contributed by atoms with Crippen molar-refractivity contribution in [3.63, 3.8) is 0 Å². The number of aromatic nitrogens is 2. The molecule has 156 valence electrons. The predicted molar refractivity (Wildman–Crippen MR) is 122 cm³/mol. The zero-order valence-corrected chi connectivity index (χ0v) is 17.7. The molecule has 5 rings (SSSR count). The molecule has 0 bridgehead atoms. The predicted octanol–water partition coefficient (Wildman–Crippen LogP) is 4.85. The van der Waals surface area contributed by atoms with E-state index in [1.54, 1.807) is 6.20 Å². The van der Waals surface area contributed by atoms with Gasteiger partial charge in [-0.25, -0.2) is 4.98 Å². The van der Waals surface area contributed by atoms with Gasteiger partial charge in [-0.3, -0.25) is 4.79 Å². The lowest BCUT2D eigenvalue weighted by Gasteiger charge is -2.38. The first-order valence-electron chi connectivity index (χ1n) is 11.4. The molecule has 1 amide bonds. The third-order valence-electron chi connectivity index (χ3n) is 6.79. The van der Waals surface area contributed by atoms with E-state index in [2.05, 4.69) is 40.0 Å². The Kier molecular flexibility index (Phi) is 5.19. The summed E-state index contributed by atoms with van der Waals surface area (Å²) in [6, 6.07) is 11.4. The van der Waals surface area contributed by atoms with Gasteiger partial charge >= 0.3 is 0 Å². The van der Waals surface area contributed by atoms with Crippen LogP contribution in [0.15, 0.2) is 42.7 Å². The molecular weight excluding hydrogens is 372 g/mol. The van der Waals surface area contributed by atoms with Gasteiger partial charge in [-0.2, -0.15) is 0 Å². The van der Waals surface area contributed by atoms with Crippen molar-refractivity contribution in [2.24, 2.45) is 0 Å². The van der Waals surface area contributed by atoms with Crippen molar-refractivity contribution in [2.75, 3.05) is 22.9 Å². The Bertz CT molecular complexity index is 1060. The van der Waals surface area contributed by atoms with Gasteiger partial charge in [0.2, 0.25) is 5.91 Å². The van der Waals surface area contributed by atoms with Gasteiger partial charge < -0.3 is 14.8 Å². The summed E-state index contributed by atoms with van der Waals surface area (Å²) < 4.78 is 0. The summed E-state index contributed by atoms with van der Waals surface area (Å²) in [5, 5.41) is 1.04. The van der Waals surface area contributed by atoms with Gasteiger partial charge in [-0.15, -0.1) is 0 Å². The highest BCUT2D eigenvalue weighted by Gasteiger charge is 2.26. The number of nitrogens with one attached hydrogen (secondary N) is 1. The van der Waals surface area contributed by atoms with Crippen LogP contribution in [-0.2, 0) is 17.6 Å². The van der Waals surface area contributed by atoms with Gasteiger partial charge in [-0.05, 0) is 80.0 Å². The fourth-order valence-electron chi connectivity index (χ4n) is 5.20. The minimum atomic E-state index is 0.165. The molecule has 1 fully saturated rings. The molecular formula is C25H30N4O. The van der Waals surface area contributed by atoms with Crippen molar-refractivity contribution in [1.82, 2.24) is 9.97 Å². The van der Waals surface area contributed by atoms with Gasteiger partial charge in [0.25, 0.3) is 0 Å². The molecule has 5 nitrogen and oxygen atoms in total. The minimum absolute atomic E-state index is 0.165. The number of aryl methyl sites for hydroxylation is 1. The Morgan fingerprint density at radius 1 is 1.20 bits per heavy atom. The van der Waals surface area contributed by atoms with E-state index < -0.39 is 0 Å². The van der Waals surface area contributed by atoms with E-state index in [1.807, 2.05) is 23.2 Å². The number of H-pyrrole nitrogens is 1. The van der Waals surface area contributed by atoms with Gasteiger partial charge in [0.15, 0.2) is 0 Å². The van der Waals surface area contributed by atoms with Crippen LogP contribution < -0.4 is 9.80 Å². The molecule has 2 aliphatic rings. The number of carbonyl (C=O) groups is 1. The van der Waals surface area contributed by atoms with Gasteiger partial charge in [0.05, 0.1) is 6.42 Å². The van der Waals surface area contributed by atoms with Crippen molar-refractivity contribution in [3.05, 3.63) is 53.9 Å². The molecule has 3 aromatic rings. The first kappa shape index (κ1) is 19.2. The van der Waals surface area contributed by atoms with Crippen LogP contribution in [0.25, 0.3) is 11.0 Å². The quantitative estimate of drug-likeness (QED) is 0.678. The molecule has 0 unspecified atom stereocenters. The van der Waals surface area contributed by atoms with Crippen LogP contribution in [0, 0.1) is 0 Å². The Hall–Kier alpha value is -2.82. The largest absolute Gasteiger partial charge is 0.369 e. The van der Waals surface area contributed by atoms with E-state index in [9.17, 15) is 4.79 Å². The molecule has 1 atom stereocenters. The van der Waals surface area contributed by atoms with Crippen LogP contribution in [0.1, 0.15) is 50.2 Å². The Labute approximate surface area is 178 Å². The number of rotatable bonds is 4. The second-order valence-electron chi connectivity index (χ2n) is 8.60. The van der Waals surface area contributed by atoms with Crippen molar-refractivity contribution in [1.29, 1.82) is 0 Å².